The second kappa shape index (κ2) is 4.84. The van der Waals surface area contributed by atoms with Gasteiger partial charge in [-0.2, -0.15) is 0 Å². The van der Waals surface area contributed by atoms with Crippen molar-refractivity contribution in [1.29, 1.82) is 0 Å². The maximum Gasteiger partial charge on any atom is 0.331 e. The van der Waals surface area contributed by atoms with E-state index in [0.29, 0.717) is 10.6 Å². The minimum absolute atomic E-state index is 0.0589. The molecule has 0 atom stereocenters. The fraction of sp³-hybridized carbons (Fsp3) is 0.100. The van der Waals surface area contributed by atoms with E-state index in [1.54, 1.807) is 0 Å². The van der Waals surface area contributed by atoms with E-state index in [4.69, 9.17) is 10.8 Å². The molecule has 3 N–H and O–H groups in total. The summed E-state index contributed by atoms with van der Waals surface area (Å²) in [5.41, 5.74) is 6.08. The summed E-state index contributed by atoms with van der Waals surface area (Å²) >= 11 is 1.15. The van der Waals surface area contributed by atoms with Gasteiger partial charge in [0.15, 0.2) is 0 Å². The van der Waals surface area contributed by atoms with Crippen molar-refractivity contribution in [1.82, 2.24) is 0 Å². The van der Waals surface area contributed by atoms with Crippen LogP contribution in [0.2, 0.25) is 0 Å². The average Bonchev–Trinajstić information content (AvgIpc) is 2.18. The smallest absolute Gasteiger partial charge is 0.331 e. The summed E-state index contributed by atoms with van der Waals surface area (Å²) in [6.07, 6.45) is 0. The second-order valence-corrected chi connectivity index (χ2v) is 3.90. The topological polar surface area (TPSA) is 63.3 Å². The average molecular weight is 227 g/mol. The zero-order valence-corrected chi connectivity index (χ0v) is 8.68. The summed E-state index contributed by atoms with van der Waals surface area (Å²) in [5.74, 6) is -1.27. The van der Waals surface area contributed by atoms with Gasteiger partial charge in [-0.1, -0.05) is 6.58 Å². The molecule has 0 bridgehead atoms. The van der Waals surface area contributed by atoms with Gasteiger partial charge in [0.1, 0.15) is 5.82 Å². The molecule has 0 aliphatic carbocycles. The minimum atomic E-state index is -1.06. The molecule has 5 heteroatoms. The van der Waals surface area contributed by atoms with Crippen molar-refractivity contribution in [2.24, 2.45) is 0 Å². The molecule has 1 aromatic rings. The third kappa shape index (κ3) is 3.28. The lowest BCUT2D eigenvalue weighted by Gasteiger charge is -2.04. The molecule has 0 radical (unpaired) electrons. The zero-order chi connectivity index (χ0) is 11.4. The van der Waals surface area contributed by atoms with Crippen molar-refractivity contribution in [2.75, 3.05) is 11.5 Å². The predicted octanol–water partition coefficient (Wildman–Crippen LogP) is 2.14. The highest BCUT2D eigenvalue weighted by atomic mass is 32.2. The van der Waals surface area contributed by atoms with E-state index < -0.39 is 11.8 Å². The summed E-state index contributed by atoms with van der Waals surface area (Å²) in [5, 5.41) is 8.57. The molecule has 0 spiro atoms. The molecule has 3 nitrogen and oxygen atoms in total. The third-order valence-corrected chi connectivity index (χ3v) is 2.84. The van der Waals surface area contributed by atoms with E-state index in [0.717, 1.165) is 11.8 Å². The number of carboxylic acids is 1. The molecule has 0 amide bonds. The van der Waals surface area contributed by atoms with Gasteiger partial charge in [-0.05, 0) is 18.2 Å². The number of thioether (sulfide) groups is 1. The highest BCUT2D eigenvalue weighted by Crippen LogP contribution is 2.26. The number of aliphatic carboxylic acids is 1. The van der Waals surface area contributed by atoms with Crippen LogP contribution < -0.4 is 5.73 Å². The maximum atomic E-state index is 12.8. The van der Waals surface area contributed by atoms with Crippen LogP contribution in [0.1, 0.15) is 0 Å². The van der Waals surface area contributed by atoms with Crippen LogP contribution in [0.4, 0.5) is 10.1 Å². The molecule has 0 fully saturated rings. The van der Waals surface area contributed by atoms with Crippen molar-refractivity contribution in [3.63, 3.8) is 0 Å². The summed E-state index contributed by atoms with van der Waals surface area (Å²) in [6, 6.07) is 3.97. The van der Waals surface area contributed by atoms with Crippen LogP contribution in [0.25, 0.3) is 0 Å². The molecule has 0 saturated carbocycles. The van der Waals surface area contributed by atoms with Crippen LogP contribution in [0.3, 0.4) is 0 Å². The number of benzene rings is 1. The van der Waals surface area contributed by atoms with Crippen LogP contribution in [0.5, 0.6) is 0 Å². The molecular weight excluding hydrogens is 217 g/mol. The minimum Gasteiger partial charge on any atom is -0.478 e. The van der Waals surface area contributed by atoms with E-state index in [-0.39, 0.29) is 11.3 Å². The Bertz CT molecular complexity index is 406. The molecule has 0 aliphatic rings. The highest BCUT2D eigenvalue weighted by molar-refractivity contribution is 7.99. The van der Waals surface area contributed by atoms with Crippen molar-refractivity contribution in [3.05, 3.63) is 36.2 Å². The van der Waals surface area contributed by atoms with E-state index in [1.165, 1.54) is 18.2 Å². The molecule has 80 valence electrons. The van der Waals surface area contributed by atoms with Gasteiger partial charge in [-0.3, -0.25) is 0 Å². The van der Waals surface area contributed by atoms with Gasteiger partial charge in [0.25, 0.3) is 0 Å². The first-order valence-corrected chi connectivity index (χ1v) is 5.08. The Morgan fingerprint density at radius 1 is 1.60 bits per heavy atom. The van der Waals surface area contributed by atoms with Crippen molar-refractivity contribution >= 4 is 23.4 Å². The number of nitrogen functional groups attached to an aromatic ring is 1. The van der Waals surface area contributed by atoms with E-state index in [2.05, 4.69) is 6.58 Å². The van der Waals surface area contributed by atoms with Gasteiger partial charge in [0, 0.05) is 21.9 Å². The number of rotatable bonds is 4. The summed E-state index contributed by atoms with van der Waals surface area (Å²) in [4.78, 5) is 11.0. The number of carboxylic acid groups (broad SMARTS) is 1. The Balaban J connectivity index is 2.69. The van der Waals surface area contributed by atoms with Gasteiger partial charge in [-0.25, -0.2) is 9.18 Å². The Hall–Kier alpha value is -1.49. The third-order valence-electron chi connectivity index (χ3n) is 1.68. The van der Waals surface area contributed by atoms with Crippen molar-refractivity contribution in [3.8, 4) is 0 Å². The first kappa shape index (κ1) is 11.6. The lowest BCUT2D eigenvalue weighted by atomic mass is 10.3. The standard InChI is InChI=1S/C10H10FNO2S/c1-6(10(13)14)5-15-9-4-7(11)2-3-8(9)12/h2-4H,1,5,12H2,(H,13,14). The molecule has 0 unspecified atom stereocenters. The largest absolute Gasteiger partial charge is 0.478 e. The van der Waals surface area contributed by atoms with Gasteiger partial charge >= 0.3 is 5.97 Å². The monoisotopic (exact) mass is 227 g/mol. The number of anilines is 1. The second-order valence-electron chi connectivity index (χ2n) is 2.88. The number of halogens is 1. The quantitative estimate of drug-likeness (QED) is 0.470. The zero-order valence-electron chi connectivity index (χ0n) is 7.87. The van der Waals surface area contributed by atoms with Gasteiger partial charge < -0.3 is 10.8 Å². The first-order chi connectivity index (χ1) is 7.00. The number of nitrogens with two attached hydrogens (primary N) is 1. The van der Waals surface area contributed by atoms with Crippen LogP contribution in [0, 0.1) is 5.82 Å². The number of hydrogen-bond donors (Lipinski definition) is 2. The molecule has 1 aromatic carbocycles. The predicted molar refractivity (Wildman–Crippen MR) is 58.3 cm³/mol. The summed E-state index contributed by atoms with van der Waals surface area (Å²) in [6.45, 7) is 3.37. The Morgan fingerprint density at radius 2 is 2.27 bits per heavy atom. The molecule has 0 aliphatic heterocycles. The van der Waals surface area contributed by atoms with Gasteiger partial charge in [-0.15, -0.1) is 11.8 Å². The van der Waals surface area contributed by atoms with E-state index in [1.807, 2.05) is 0 Å². The van der Waals surface area contributed by atoms with E-state index >= 15 is 0 Å². The fourth-order valence-electron chi connectivity index (χ4n) is 0.860. The summed E-state index contributed by atoms with van der Waals surface area (Å²) < 4.78 is 12.8. The molecule has 0 aromatic heterocycles. The number of hydrogen-bond acceptors (Lipinski definition) is 3. The van der Waals surface area contributed by atoms with E-state index in [9.17, 15) is 9.18 Å². The van der Waals surface area contributed by atoms with Crippen LogP contribution in [-0.2, 0) is 4.79 Å². The molecular formula is C10H10FNO2S. The molecule has 0 heterocycles. The first-order valence-electron chi connectivity index (χ1n) is 4.09. The lowest BCUT2D eigenvalue weighted by molar-refractivity contribution is -0.132. The van der Waals surface area contributed by atoms with Gasteiger partial charge in [0.05, 0.1) is 0 Å². The summed E-state index contributed by atoms with van der Waals surface area (Å²) in [7, 11) is 0. The van der Waals surface area contributed by atoms with Crippen LogP contribution in [0.15, 0.2) is 35.2 Å². The molecule has 0 saturated heterocycles. The Morgan fingerprint density at radius 3 is 2.87 bits per heavy atom. The Kier molecular flexibility index (Phi) is 3.74. The normalized spacial score (nSPS) is 9.93. The number of carbonyl (C=O) groups is 1. The van der Waals surface area contributed by atoms with Gasteiger partial charge in [0.2, 0.25) is 0 Å². The maximum absolute atomic E-state index is 12.8. The van der Waals surface area contributed by atoms with Crippen LogP contribution >= 0.6 is 11.8 Å². The van der Waals surface area contributed by atoms with Crippen molar-refractivity contribution < 1.29 is 14.3 Å². The fourth-order valence-corrected chi connectivity index (χ4v) is 1.74. The lowest BCUT2D eigenvalue weighted by Crippen LogP contribution is -2.01. The SMILES string of the molecule is C=C(CSc1cc(F)ccc1N)C(=O)O. The highest BCUT2D eigenvalue weighted by Gasteiger charge is 2.07. The molecule has 15 heavy (non-hydrogen) atoms. The Labute approximate surface area is 90.8 Å². The van der Waals surface area contributed by atoms with Crippen molar-refractivity contribution in [2.45, 2.75) is 4.90 Å². The van der Waals surface area contributed by atoms with Crippen LogP contribution in [-0.4, -0.2) is 16.8 Å². The molecule has 1 rings (SSSR count).